The van der Waals surface area contributed by atoms with Gasteiger partial charge in [-0.05, 0) is 47.6 Å². The molecule has 1 aliphatic rings. The van der Waals surface area contributed by atoms with E-state index in [0.717, 1.165) is 22.1 Å². The van der Waals surface area contributed by atoms with Crippen molar-refractivity contribution in [2.45, 2.75) is 13.0 Å². The highest BCUT2D eigenvalue weighted by Gasteiger charge is 2.25. The standard InChI is InChI=1S/C14H19BrN2O2/c1-10-3-4-12(13(15)7-10)14(18)17-5-6-19-11(9-17)8-16-2/h3-4,7,11,16H,5-6,8-9H2,1-2H3. The zero-order chi connectivity index (χ0) is 13.8. The molecule has 0 radical (unpaired) electrons. The summed E-state index contributed by atoms with van der Waals surface area (Å²) < 4.78 is 6.47. The Balaban J connectivity index is 2.10. The third kappa shape index (κ3) is 3.55. The molecule has 4 nitrogen and oxygen atoms in total. The van der Waals surface area contributed by atoms with Crippen LogP contribution >= 0.6 is 15.9 Å². The lowest BCUT2D eigenvalue weighted by Crippen LogP contribution is -2.48. The Morgan fingerprint density at radius 3 is 3.05 bits per heavy atom. The number of halogens is 1. The number of likely N-dealkylation sites (N-methyl/N-ethyl adjacent to an activating group) is 1. The van der Waals surface area contributed by atoms with Gasteiger partial charge < -0.3 is 15.0 Å². The molecule has 1 unspecified atom stereocenters. The first-order valence-electron chi connectivity index (χ1n) is 6.43. The summed E-state index contributed by atoms with van der Waals surface area (Å²) in [6.07, 6.45) is 0.0759. The Hall–Kier alpha value is -0.910. The fourth-order valence-corrected chi connectivity index (χ4v) is 2.88. The number of aryl methyl sites for hydroxylation is 1. The lowest BCUT2D eigenvalue weighted by molar-refractivity contribution is -0.0196. The highest BCUT2D eigenvalue weighted by molar-refractivity contribution is 9.10. The quantitative estimate of drug-likeness (QED) is 0.921. The normalized spacial score (nSPS) is 19.5. The largest absolute Gasteiger partial charge is 0.373 e. The van der Waals surface area contributed by atoms with E-state index in [9.17, 15) is 4.79 Å². The first-order chi connectivity index (χ1) is 9.11. The van der Waals surface area contributed by atoms with Gasteiger partial charge in [-0.3, -0.25) is 4.79 Å². The summed E-state index contributed by atoms with van der Waals surface area (Å²) in [5.74, 6) is 0.0660. The van der Waals surface area contributed by atoms with Crippen LogP contribution in [0, 0.1) is 6.92 Å². The minimum Gasteiger partial charge on any atom is -0.373 e. The number of carbonyl (C=O) groups excluding carboxylic acids is 1. The van der Waals surface area contributed by atoms with Crippen LogP contribution in [0.15, 0.2) is 22.7 Å². The molecule has 0 aromatic heterocycles. The summed E-state index contributed by atoms with van der Waals surface area (Å²) in [7, 11) is 1.89. The molecule has 104 valence electrons. The van der Waals surface area contributed by atoms with Gasteiger partial charge in [0.1, 0.15) is 0 Å². The van der Waals surface area contributed by atoms with Crippen molar-refractivity contribution in [1.82, 2.24) is 10.2 Å². The number of rotatable bonds is 3. The lowest BCUT2D eigenvalue weighted by atomic mass is 10.1. The molecule has 1 fully saturated rings. The smallest absolute Gasteiger partial charge is 0.255 e. The van der Waals surface area contributed by atoms with Crippen molar-refractivity contribution in [1.29, 1.82) is 0 Å². The van der Waals surface area contributed by atoms with Crippen molar-refractivity contribution in [3.8, 4) is 0 Å². The third-order valence-corrected chi connectivity index (χ3v) is 3.87. The molecule has 0 saturated carbocycles. The van der Waals surface area contributed by atoms with E-state index < -0.39 is 0 Å². The number of benzene rings is 1. The maximum atomic E-state index is 12.5. The predicted molar refractivity (Wildman–Crippen MR) is 78.4 cm³/mol. The molecule has 1 atom stereocenters. The zero-order valence-corrected chi connectivity index (χ0v) is 12.9. The topological polar surface area (TPSA) is 41.6 Å². The third-order valence-electron chi connectivity index (χ3n) is 3.21. The van der Waals surface area contributed by atoms with E-state index in [1.54, 1.807) is 0 Å². The number of hydrogen-bond acceptors (Lipinski definition) is 3. The summed E-state index contributed by atoms with van der Waals surface area (Å²) >= 11 is 3.47. The summed E-state index contributed by atoms with van der Waals surface area (Å²) in [6, 6.07) is 5.81. The second kappa shape index (κ2) is 6.50. The van der Waals surface area contributed by atoms with Gasteiger partial charge in [-0.15, -0.1) is 0 Å². The molecular weight excluding hydrogens is 308 g/mol. The van der Waals surface area contributed by atoms with Crippen molar-refractivity contribution in [3.63, 3.8) is 0 Å². The number of amides is 1. The van der Waals surface area contributed by atoms with Gasteiger partial charge in [0.25, 0.3) is 5.91 Å². The maximum Gasteiger partial charge on any atom is 0.255 e. The van der Waals surface area contributed by atoms with Crippen molar-refractivity contribution in [3.05, 3.63) is 33.8 Å². The van der Waals surface area contributed by atoms with Gasteiger partial charge in [-0.1, -0.05) is 6.07 Å². The van der Waals surface area contributed by atoms with Gasteiger partial charge in [0.2, 0.25) is 0 Å². The molecule has 0 aliphatic carbocycles. The van der Waals surface area contributed by atoms with Crippen LogP contribution < -0.4 is 5.32 Å². The molecule has 2 rings (SSSR count). The van der Waals surface area contributed by atoms with Crippen LogP contribution in [0.5, 0.6) is 0 Å². The number of hydrogen-bond donors (Lipinski definition) is 1. The molecule has 5 heteroatoms. The van der Waals surface area contributed by atoms with E-state index in [2.05, 4.69) is 21.2 Å². The van der Waals surface area contributed by atoms with Crippen LogP contribution in [0.3, 0.4) is 0 Å². The van der Waals surface area contributed by atoms with Crippen LogP contribution in [0.4, 0.5) is 0 Å². The monoisotopic (exact) mass is 326 g/mol. The zero-order valence-electron chi connectivity index (χ0n) is 11.3. The Bertz CT molecular complexity index is 463. The molecule has 1 aliphatic heterocycles. The molecular formula is C14H19BrN2O2. The summed E-state index contributed by atoms with van der Waals surface area (Å²) in [6.45, 7) is 4.66. The predicted octanol–water partition coefficient (Wildman–Crippen LogP) is 1.82. The molecule has 1 heterocycles. The van der Waals surface area contributed by atoms with E-state index in [1.165, 1.54) is 0 Å². The van der Waals surface area contributed by atoms with Gasteiger partial charge in [0, 0.05) is 24.1 Å². The Morgan fingerprint density at radius 1 is 1.58 bits per heavy atom. The van der Waals surface area contributed by atoms with Crippen LogP contribution in [-0.2, 0) is 4.74 Å². The highest BCUT2D eigenvalue weighted by Crippen LogP contribution is 2.21. The van der Waals surface area contributed by atoms with Gasteiger partial charge in [-0.2, -0.15) is 0 Å². The molecule has 1 saturated heterocycles. The van der Waals surface area contributed by atoms with Crippen LogP contribution in [0.1, 0.15) is 15.9 Å². The minimum absolute atomic E-state index is 0.0660. The molecule has 0 spiro atoms. The second-order valence-electron chi connectivity index (χ2n) is 4.78. The number of ether oxygens (including phenoxy) is 1. The summed E-state index contributed by atoms with van der Waals surface area (Å²) in [4.78, 5) is 14.4. The highest BCUT2D eigenvalue weighted by atomic mass is 79.9. The molecule has 1 aromatic rings. The first kappa shape index (κ1) is 14.5. The Labute approximate surface area is 122 Å². The first-order valence-corrected chi connectivity index (χ1v) is 7.22. The molecule has 1 N–H and O–H groups in total. The van der Waals surface area contributed by atoms with Gasteiger partial charge in [0.05, 0.1) is 18.3 Å². The number of carbonyl (C=O) groups is 1. The van der Waals surface area contributed by atoms with Gasteiger partial charge in [-0.25, -0.2) is 0 Å². The van der Waals surface area contributed by atoms with Crippen LogP contribution in [0.2, 0.25) is 0 Å². The van der Waals surface area contributed by atoms with Crippen molar-refractivity contribution in [2.75, 3.05) is 33.3 Å². The molecule has 19 heavy (non-hydrogen) atoms. The maximum absolute atomic E-state index is 12.5. The Morgan fingerprint density at radius 2 is 2.37 bits per heavy atom. The fraction of sp³-hybridized carbons (Fsp3) is 0.500. The van der Waals surface area contributed by atoms with E-state index >= 15 is 0 Å². The average Bonchev–Trinajstić information content (AvgIpc) is 2.39. The lowest BCUT2D eigenvalue weighted by Gasteiger charge is -2.33. The van der Waals surface area contributed by atoms with E-state index in [0.29, 0.717) is 19.7 Å². The van der Waals surface area contributed by atoms with Gasteiger partial charge in [0.15, 0.2) is 0 Å². The van der Waals surface area contributed by atoms with Crippen molar-refractivity contribution >= 4 is 21.8 Å². The van der Waals surface area contributed by atoms with Crippen LogP contribution in [0.25, 0.3) is 0 Å². The second-order valence-corrected chi connectivity index (χ2v) is 5.64. The van der Waals surface area contributed by atoms with Crippen LogP contribution in [-0.4, -0.2) is 50.2 Å². The summed E-state index contributed by atoms with van der Waals surface area (Å²) in [5, 5.41) is 3.08. The number of nitrogens with zero attached hydrogens (tertiary/aromatic N) is 1. The van der Waals surface area contributed by atoms with E-state index in [4.69, 9.17) is 4.74 Å². The number of morpholine rings is 1. The van der Waals surface area contributed by atoms with Crippen molar-refractivity contribution < 1.29 is 9.53 Å². The number of nitrogens with one attached hydrogen (secondary N) is 1. The minimum atomic E-state index is 0.0660. The van der Waals surface area contributed by atoms with Crippen molar-refractivity contribution in [2.24, 2.45) is 0 Å². The van der Waals surface area contributed by atoms with E-state index in [1.807, 2.05) is 37.1 Å². The summed E-state index contributed by atoms with van der Waals surface area (Å²) in [5.41, 5.74) is 1.86. The van der Waals surface area contributed by atoms with E-state index in [-0.39, 0.29) is 12.0 Å². The average molecular weight is 327 g/mol. The van der Waals surface area contributed by atoms with Gasteiger partial charge >= 0.3 is 0 Å². The Kier molecular flexibility index (Phi) is 4.96. The molecule has 1 aromatic carbocycles. The molecule has 1 amide bonds. The fourth-order valence-electron chi connectivity index (χ4n) is 2.22. The molecule has 0 bridgehead atoms. The SMILES string of the molecule is CNCC1CN(C(=O)c2ccc(C)cc2Br)CCO1.